The van der Waals surface area contributed by atoms with Gasteiger partial charge in [-0.15, -0.1) is 0 Å². The third-order valence-electron chi connectivity index (χ3n) is 4.69. The Kier molecular flexibility index (Phi) is 5.38. The van der Waals surface area contributed by atoms with Crippen LogP contribution in [0.2, 0.25) is 0 Å². The molecule has 0 spiro atoms. The Morgan fingerprint density at radius 2 is 2.12 bits per heavy atom. The highest BCUT2D eigenvalue weighted by Gasteiger charge is 2.30. The summed E-state index contributed by atoms with van der Waals surface area (Å²) in [6.07, 6.45) is 3.60. The van der Waals surface area contributed by atoms with Gasteiger partial charge in [-0.05, 0) is 56.9 Å². The number of aliphatic hydroxyl groups is 1. The molecule has 2 aromatic rings. The van der Waals surface area contributed by atoms with Gasteiger partial charge >= 0.3 is 0 Å². The largest absolute Gasteiger partial charge is 0.497 e. The van der Waals surface area contributed by atoms with E-state index in [0.29, 0.717) is 30.3 Å². The molecular weight excluding hydrogens is 320 g/mol. The summed E-state index contributed by atoms with van der Waals surface area (Å²) in [6, 6.07) is 7.45. The first kappa shape index (κ1) is 17.5. The number of hydrogen-bond acceptors (Lipinski definition) is 5. The molecule has 2 heterocycles. The average molecular weight is 344 g/mol. The molecule has 0 radical (unpaired) electrons. The SMILES string of the molecule is COc1ccc(-c2nc(C(=O)N3CCCCC3CCO)c(C)o2)cc1. The van der Waals surface area contributed by atoms with Crippen LogP contribution in [0.5, 0.6) is 5.75 Å². The van der Waals surface area contributed by atoms with E-state index in [1.165, 1.54) is 0 Å². The average Bonchev–Trinajstić information content (AvgIpc) is 3.04. The van der Waals surface area contributed by atoms with Gasteiger partial charge in [0.15, 0.2) is 5.69 Å². The second kappa shape index (κ2) is 7.70. The number of nitrogens with zero attached hydrogens (tertiary/aromatic N) is 2. The van der Waals surface area contributed by atoms with Crippen LogP contribution < -0.4 is 4.74 Å². The number of oxazole rings is 1. The highest BCUT2D eigenvalue weighted by Crippen LogP contribution is 2.27. The lowest BCUT2D eigenvalue weighted by Gasteiger charge is -2.35. The van der Waals surface area contributed by atoms with E-state index in [2.05, 4.69) is 4.98 Å². The van der Waals surface area contributed by atoms with Crippen LogP contribution in [-0.4, -0.2) is 47.2 Å². The molecule has 0 bridgehead atoms. The van der Waals surface area contributed by atoms with E-state index in [4.69, 9.17) is 9.15 Å². The zero-order chi connectivity index (χ0) is 17.8. The standard InChI is InChI=1S/C19H24N2O4/c1-13-17(19(23)21-11-4-3-5-15(21)10-12-22)20-18(25-13)14-6-8-16(24-2)9-7-14/h6-9,15,22H,3-5,10-12H2,1-2H3. The third kappa shape index (κ3) is 3.69. The molecular formula is C19H24N2O4. The molecule has 1 saturated heterocycles. The number of benzene rings is 1. The van der Waals surface area contributed by atoms with Crippen molar-refractivity contribution < 1.29 is 19.1 Å². The van der Waals surface area contributed by atoms with Gasteiger partial charge in [0.05, 0.1) is 7.11 Å². The smallest absolute Gasteiger partial charge is 0.276 e. The monoisotopic (exact) mass is 344 g/mol. The Balaban J connectivity index is 1.84. The van der Waals surface area contributed by atoms with E-state index in [0.717, 1.165) is 30.6 Å². The number of aromatic nitrogens is 1. The molecule has 1 fully saturated rings. The number of piperidine rings is 1. The number of likely N-dealkylation sites (tertiary alicyclic amines) is 1. The number of aliphatic hydroxyl groups excluding tert-OH is 1. The van der Waals surface area contributed by atoms with Crippen molar-refractivity contribution in [2.24, 2.45) is 0 Å². The number of hydrogen-bond donors (Lipinski definition) is 1. The Hall–Kier alpha value is -2.34. The summed E-state index contributed by atoms with van der Waals surface area (Å²) < 4.78 is 10.9. The maximum atomic E-state index is 13.0. The van der Waals surface area contributed by atoms with Crippen LogP contribution >= 0.6 is 0 Å². The molecule has 1 unspecified atom stereocenters. The summed E-state index contributed by atoms with van der Waals surface area (Å²) in [5.74, 6) is 1.59. The molecule has 6 nitrogen and oxygen atoms in total. The first-order valence-electron chi connectivity index (χ1n) is 8.67. The highest BCUT2D eigenvalue weighted by atomic mass is 16.5. The number of rotatable bonds is 5. The molecule has 25 heavy (non-hydrogen) atoms. The van der Waals surface area contributed by atoms with Gasteiger partial charge in [0.2, 0.25) is 5.89 Å². The first-order valence-corrected chi connectivity index (χ1v) is 8.67. The zero-order valence-electron chi connectivity index (χ0n) is 14.7. The highest BCUT2D eigenvalue weighted by molar-refractivity contribution is 5.94. The molecule has 1 amide bonds. The van der Waals surface area contributed by atoms with Crippen LogP contribution in [0.1, 0.15) is 41.9 Å². The van der Waals surface area contributed by atoms with Gasteiger partial charge in [-0.3, -0.25) is 4.79 Å². The molecule has 134 valence electrons. The van der Waals surface area contributed by atoms with Gasteiger partial charge in [0.1, 0.15) is 11.5 Å². The minimum atomic E-state index is -0.112. The Morgan fingerprint density at radius 3 is 2.80 bits per heavy atom. The Morgan fingerprint density at radius 1 is 1.36 bits per heavy atom. The van der Waals surface area contributed by atoms with Crippen LogP contribution in [0, 0.1) is 6.92 Å². The van der Waals surface area contributed by atoms with Crippen LogP contribution in [0.3, 0.4) is 0 Å². The molecule has 3 rings (SSSR count). The molecule has 1 aromatic heterocycles. The van der Waals surface area contributed by atoms with Crippen molar-refractivity contribution in [3.63, 3.8) is 0 Å². The lowest BCUT2D eigenvalue weighted by Crippen LogP contribution is -2.44. The number of ether oxygens (including phenoxy) is 1. The van der Waals surface area contributed by atoms with Crippen LogP contribution in [0.4, 0.5) is 0 Å². The van der Waals surface area contributed by atoms with Crippen molar-refractivity contribution >= 4 is 5.91 Å². The summed E-state index contributed by atoms with van der Waals surface area (Å²) in [7, 11) is 1.61. The summed E-state index contributed by atoms with van der Waals surface area (Å²) in [6.45, 7) is 2.55. The molecule has 0 saturated carbocycles. The molecule has 1 aliphatic heterocycles. The van der Waals surface area contributed by atoms with Gasteiger partial charge in [-0.25, -0.2) is 4.98 Å². The lowest BCUT2D eigenvalue weighted by atomic mass is 9.99. The van der Waals surface area contributed by atoms with Crippen LogP contribution in [-0.2, 0) is 0 Å². The van der Waals surface area contributed by atoms with Crippen molar-refractivity contribution in [1.29, 1.82) is 0 Å². The normalized spacial score (nSPS) is 17.6. The fourth-order valence-electron chi connectivity index (χ4n) is 3.31. The van der Waals surface area contributed by atoms with E-state index in [-0.39, 0.29) is 18.6 Å². The van der Waals surface area contributed by atoms with Gasteiger partial charge in [0, 0.05) is 24.8 Å². The number of carbonyl (C=O) groups is 1. The second-order valence-corrected chi connectivity index (χ2v) is 6.31. The van der Waals surface area contributed by atoms with Crippen molar-refractivity contribution in [3.05, 3.63) is 35.7 Å². The Bertz CT molecular complexity index is 722. The molecule has 1 aliphatic rings. The molecule has 1 N–H and O–H groups in total. The minimum absolute atomic E-state index is 0.0757. The van der Waals surface area contributed by atoms with Gasteiger partial charge in [-0.2, -0.15) is 0 Å². The lowest BCUT2D eigenvalue weighted by molar-refractivity contribution is 0.0567. The zero-order valence-corrected chi connectivity index (χ0v) is 14.7. The maximum Gasteiger partial charge on any atom is 0.276 e. The van der Waals surface area contributed by atoms with Crippen LogP contribution in [0.15, 0.2) is 28.7 Å². The molecule has 6 heteroatoms. The third-order valence-corrected chi connectivity index (χ3v) is 4.69. The van der Waals surface area contributed by atoms with E-state index in [1.54, 1.807) is 14.0 Å². The fourth-order valence-corrected chi connectivity index (χ4v) is 3.31. The van der Waals surface area contributed by atoms with Gasteiger partial charge in [0.25, 0.3) is 5.91 Å². The summed E-state index contributed by atoms with van der Waals surface area (Å²) in [5, 5.41) is 9.26. The topological polar surface area (TPSA) is 75.8 Å². The number of methoxy groups -OCH3 is 1. The quantitative estimate of drug-likeness (QED) is 0.902. The maximum absolute atomic E-state index is 13.0. The predicted octanol–water partition coefficient (Wildman–Crippen LogP) is 3.04. The number of carbonyl (C=O) groups excluding carboxylic acids is 1. The van der Waals surface area contributed by atoms with E-state index in [9.17, 15) is 9.90 Å². The minimum Gasteiger partial charge on any atom is -0.497 e. The van der Waals surface area contributed by atoms with Gasteiger partial charge < -0.3 is 19.2 Å². The fraction of sp³-hybridized carbons (Fsp3) is 0.474. The summed E-state index contributed by atoms with van der Waals surface area (Å²) in [4.78, 5) is 19.2. The first-order chi connectivity index (χ1) is 12.1. The molecule has 0 aliphatic carbocycles. The van der Waals surface area contributed by atoms with Crippen LogP contribution in [0.25, 0.3) is 11.5 Å². The van der Waals surface area contributed by atoms with Crippen molar-refractivity contribution in [2.75, 3.05) is 20.3 Å². The summed E-state index contributed by atoms with van der Waals surface area (Å²) >= 11 is 0. The number of aryl methyl sites for hydroxylation is 1. The summed E-state index contributed by atoms with van der Waals surface area (Å²) in [5.41, 5.74) is 1.16. The van der Waals surface area contributed by atoms with Crippen molar-refractivity contribution in [1.82, 2.24) is 9.88 Å². The molecule has 1 aromatic carbocycles. The molecule has 1 atom stereocenters. The number of amides is 1. The van der Waals surface area contributed by atoms with Crippen molar-refractivity contribution in [3.8, 4) is 17.2 Å². The van der Waals surface area contributed by atoms with Gasteiger partial charge in [-0.1, -0.05) is 0 Å². The van der Waals surface area contributed by atoms with E-state index >= 15 is 0 Å². The van der Waals surface area contributed by atoms with Crippen molar-refractivity contribution in [2.45, 2.75) is 38.6 Å². The second-order valence-electron chi connectivity index (χ2n) is 6.31. The predicted molar refractivity (Wildman–Crippen MR) is 93.6 cm³/mol. The van der Waals surface area contributed by atoms with E-state index in [1.807, 2.05) is 29.2 Å². The Labute approximate surface area is 147 Å². The van der Waals surface area contributed by atoms with E-state index < -0.39 is 0 Å².